The van der Waals surface area contributed by atoms with Crippen LogP contribution >= 0.6 is 0 Å². The summed E-state index contributed by atoms with van der Waals surface area (Å²) in [5.74, 6) is -1.02. The largest absolute Gasteiger partial charge is 0.418 e. The van der Waals surface area contributed by atoms with Gasteiger partial charge in [0.25, 0.3) is 5.91 Å². The first kappa shape index (κ1) is 22.0. The van der Waals surface area contributed by atoms with E-state index in [-0.39, 0.29) is 34.0 Å². The molecule has 0 aliphatic carbocycles. The second-order valence-corrected chi connectivity index (χ2v) is 8.30. The number of amides is 1. The molecule has 4 aromatic heterocycles. The van der Waals surface area contributed by atoms with Gasteiger partial charge in [0.15, 0.2) is 5.82 Å². The Morgan fingerprint density at radius 1 is 1.03 bits per heavy atom. The predicted molar refractivity (Wildman–Crippen MR) is 115 cm³/mol. The number of alkyl halides is 3. The Hall–Kier alpha value is -4.16. The molecule has 13 heteroatoms. The average Bonchev–Trinajstić information content (AvgIpc) is 3.34. The van der Waals surface area contributed by atoms with Crippen LogP contribution in [0.25, 0.3) is 16.8 Å². The van der Waals surface area contributed by atoms with Crippen molar-refractivity contribution in [2.75, 3.05) is 16.8 Å². The van der Waals surface area contributed by atoms with Gasteiger partial charge in [0, 0.05) is 18.0 Å². The molecule has 4 rings (SSSR count). The third-order valence-electron chi connectivity index (χ3n) is 4.87. The van der Waals surface area contributed by atoms with Crippen molar-refractivity contribution in [2.45, 2.75) is 32.5 Å². The van der Waals surface area contributed by atoms with Gasteiger partial charge in [0.05, 0.1) is 34.2 Å². The third-order valence-corrected chi connectivity index (χ3v) is 4.87. The minimum atomic E-state index is -4.70. The van der Waals surface area contributed by atoms with Gasteiger partial charge >= 0.3 is 6.18 Å². The lowest BCUT2D eigenvalue weighted by atomic mass is 10.1. The molecule has 0 aliphatic rings. The predicted octanol–water partition coefficient (Wildman–Crippen LogP) is 3.18. The summed E-state index contributed by atoms with van der Waals surface area (Å²) in [6.07, 6.45) is 0.728. The number of halogens is 3. The standard InChI is InChI=1S/C20H20F3N9O/c1-19(2,3)31-8-11(7-28-31)30-18(33)12-4-10(6-26-16(12)24)14-5-13(20(21,22)23)15-17(25)27-9-29-32(14)15/h4-9H,1-3H3,(H2,24,26)(H,30,33)(H2,25,27,29). The first-order valence-electron chi connectivity index (χ1n) is 9.68. The summed E-state index contributed by atoms with van der Waals surface area (Å²) < 4.78 is 43.5. The minimum Gasteiger partial charge on any atom is -0.383 e. The molecule has 0 radical (unpaired) electrons. The van der Waals surface area contributed by atoms with Gasteiger partial charge in [0.2, 0.25) is 0 Å². The fourth-order valence-electron chi connectivity index (χ4n) is 3.24. The normalized spacial score (nSPS) is 12.3. The van der Waals surface area contributed by atoms with E-state index in [0.717, 1.165) is 16.9 Å². The highest BCUT2D eigenvalue weighted by molar-refractivity contribution is 6.07. The molecule has 0 saturated carbocycles. The number of nitrogens with one attached hydrogen (secondary N) is 1. The maximum absolute atomic E-state index is 13.6. The molecule has 5 N–H and O–H groups in total. The highest BCUT2D eigenvalue weighted by Gasteiger charge is 2.36. The minimum absolute atomic E-state index is 0.0218. The van der Waals surface area contributed by atoms with Crippen LogP contribution in [0.2, 0.25) is 0 Å². The topological polar surface area (TPSA) is 142 Å². The average molecular weight is 459 g/mol. The zero-order valence-corrected chi connectivity index (χ0v) is 17.8. The van der Waals surface area contributed by atoms with E-state index >= 15 is 0 Å². The lowest BCUT2D eigenvalue weighted by molar-refractivity contribution is -0.136. The second kappa shape index (κ2) is 7.46. The lowest BCUT2D eigenvalue weighted by Gasteiger charge is -2.18. The van der Waals surface area contributed by atoms with Crippen molar-refractivity contribution in [3.05, 3.63) is 48.2 Å². The number of nitrogen functional groups attached to an aromatic ring is 2. The van der Waals surface area contributed by atoms with Gasteiger partial charge in [-0.2, -0.15) is 23.4 Å². The number of aromatic nitrogens is 6. The van der Waals surface area contributed by atoms with Crippen LogP contribution in [-0.4, -0.2) is 35.3 Å². The molecule has 0 atom stereocenters. The van der Waals surface area contributed by atoms with Crippen LogP contribution in [0.4, 0.5) is 30.5 Å². The summed E-state index contributed by atoms with van der Waals surface area (Å²) in [5.41, 5.74) is 10.5. The van der Waals surface area contributed by atoms with Crippen molar-refractivity contribution in [3.8, 4) is 11.3 Å². The van der Waals surface area contributed by atoms with Gasteiger partial charge in [-0.25, -0.2) is 14.5 Å². The van der Waals surface area contributed by atoms with E-state index in [2.05, 4.69) is 25.5 Å². The Bertz CT molecular complexity index is 1370. The molecule has 33 heavy (non-hydrogen) atoms. The van der Waals surface area contributed by atoms with E-state index in [1.54, 1.807) is 10.9 Å². The Morgan fingerprint density at radius 2 is 1.76 bits per heavy atom. The number of pyridine rings is 1. The molecule has 4 heterocycles. The number of fused-ring (bicyclic) bond motifs is 1. The summed E-state index contributed by atoms with van der Waals surface area (Å²) in [4.78, 5) is 20.5. The molecule has 172 valence electrons. The quantitative estimate of drug-likeness (QED) is 0.427. The van der Waals surface area contributed by atoms with E-state index in [1.165, 1.54) is 18.5 Å². The monoisotopic (exact) mass is 459 g/mol. The molecule has 0 unspecified atom stereocenters. The first-order chi connectivity index (χ1) is 15.4. The van der Waals surface area contributed by atoms with Gasteiger partial charge in [-0.1, -0.05) is 0 Å². The summed E-state index contributed by atoms with van der Waals surface area (Å²) in [7, 11) is 0. The molecule has 0 fully saturated rings. The van der Waals surface area contributed by atoms with Crippen molar-refractivity contribution >= 4 is 28.7 Å². The zero-order chi connectivity index (χ0) is 24.1. The highest BCUT2D eigenvalue weighted by Crippen LogP contribution is 2.38. The molecule has 10 nitrogen and oxygen atoms in total. The molecule has 1 amide bonds. The number of nitrogens with two attached hydrogens (primary N) is 2. The van der Waals surface area contributed by atoms with Crippen LogP contribution in [-0.2, 0) is 11.7 Å². The van der Waals surface area contributed by atoms with E-state index in [0.29, 0.717) is 5.69 Å². The van der Waals surface area contributed by atoms with Crippen LogP contribution < -0.4 is 16.8 Å². The Balaban J connectivity index is 1.75. The van der Waals surface area contributed by atoms with Gasteiger partial charge in [-0.3, -0.25) is 9.48 Å². The van der Waals surface area contributed by atoms with E-state index < -0.39 is 23.2 Å². The number of nitrogens with zero attached hydrogens (tertiary/aromatic N) is 6. The summed E-state index contributed by atoms with van der Waals surface area (Å²) in [5, 5.41) is 10.8. The summed E-state index contributed by atoms with van der Waals surface area (Å²) >= 11 is 0. The molecule has 0 saturated heterocycles. The first-order valence-corrected chi connectivity index (χ1v) is 9.68. The van der Waals surface area contributed by atoms with E-state index in [1.807, 2.05) is 20.8 Å². The lowest BCUT2D eigenvalue weighted by Crippen LogP contribution is -2.22. The van der Waals surface area contributed by atoms with Gasteiger partial charge in [-0.05, 0) is 32.9 Å². The smallest absolute Gasteiger partial charge is 0.383 e. The van der Waals surface area contributed by atoms with Gasteiger partial charge in [-0.15, -0.1) is 0 Å². The van der Waals surface area contributed by atoms with Crippen LogP contribution in [0.1, 0.15) is 36.7 Å². The van der Waals surface area contributed by atoms with Gasteiger partial charge < -0.3 is 16.8 Å². The summed E-state index contributed by atoms with van der Waals surface area (Å²) in [6.45, 7) is 5.85. The Morgan fingerprint density at radius 3 is 2.39 bits per heavy atom. The number of carbonyl (C=O) groups excluding carboxylic acids is 1. The van der Waals surface area contributed by atoms with Crippen molar-refractivity contribution in [2.24, 2.45) is 0 Å². The molecule has 0 spiro atoms. The number of anilines is 3. The van der Waals surface area contributed by atoms with Crippen molar-refractivity contribution in [1.29, 1.82) is 0 Å². The zero-order valence-electron chi connectivity index (χ0n) is 17.8. The second-order valence-electron chi connectivity index (χ2n) is 8.30. The molecular formula is C20H20F3N9O. The molecule has 0 bridgehead atoms. The highest BCUT2D eigenvalue weighted by atomic mass is 19.4. The molecule has 0 aromatic carbocycles. The third kappa shape index (κ3) is 4.04. The van der Waals surface area contributed by atoms with Gasteiger partial charge in [0.1, 0.15) is 17.7 Å². The van der Waals surface area contributed by atoms with E-state index in [4.69, 9.17) is 11.5 Å². The van der Waals surface area contributed by atoms with Crippen molar-refractivity contribution in [3.63, 3.8) is 0 Å². The molecule has 4 aromatic rings. The Labute approximate surface area is 185 Å². The fraction of sp³-hybridized carbons (Fsp3) is 0.250. The van der Waals surface area contributed by atoms with Crippen LogP contribution in [0, 0.1) is 0 Å². The molecule has 0 aliphatic heterocycles. The number of hydrogen-bond donors (Lipinski definition) is 3. The molecular weight excluding hydrogens is 439 g/mol. The number of rotatable bonds is 3. The van der Waals surface area contributed by atoms with Crippen molar-refractivity contribution in [1.82, 2.24) is 29.4 Å². The van der Waals surface area contributed by atoms with Crippen LogP contribution in [0.5, 0.6) is 0 Å². The van der Waals surface area contributed by atoms with E-state index in [9.17, 15) is 18.0 Å². The summed E-state index contributed by atoms with van der Waals surface area (Å²) in [6, 6.07) is 2.22. The number of hydrogen-bond acceptors (Lipinski definition) is 7. The number of carbonyl (C=O) groups is 1. The van der Waals surface area contributed by atoms with Crippen LogP contribution in [0.3, 0.4) is 0 Å². The SMILES string of the molecule is CC(C)(C)n1cc(NC(=O)c2cc(-c3cc(C(F)(F)F)c4c(N)ncnn34)cnc2N)cn1. The van der Waals surface area contributed by atoms with Crippen molar-refractivity contribution < 1.29 is 18.0 Å². The Kier molecular flexibility index (Phi) is 4.99. The maximum atomic E-state index is 13.6. The van der Waals surface area contributed by atoms with Crippen LogP contribution in [0.15, 0.2) is 37.1 Å². The fourth-order valence-corrected chi connectivity index (χ4v) is 3.24. The maximum Gasteiger partial charge on any atom is 0.418 e.